The number of rotatable bonds is 4. The number of nitrogens with zero attached hydrogens (tertiary/aromatic N) is 1. The highest BCUT2D eigenvalue weighted by Crippen LogP contribution is 2.55. The summed E-state index contributed by atoms with van der Waals surface area (Å²) in [5, 5.41) is 11.3. The Hall–Kier alpha value is -2.70. The molecule has 1 saturated heterocycles. The summed E-state index contributed by atoms with van der Waals surface area (Å²) in [6, 6.07) is 8.16. The number of aliphatic hydroxyl groups is 1. The molecule has 6 nitrogen and oxygen atoms in total. The molecule has 1 unspecified atom stereocenters. The highest BCUT2D eigenvalue weighted by Gasteiger charge is 2.46. The third-order valence-corrected chi connectivity index (χ3v) is 6.74. The maximum atomic E-state index is 11.3. The van der Waals surface area contributed by atoms with E-state index in [4.69, 9.17) is 18.9 Å². The van der Waals surface area contributed by atoms with Crippen molar-refractivity contribution in [3.63, 3.8) is 0 Å². The van der Waals surface area contributed by atoms with Crippen LogP contribution in [0.4, 0.5) is 0 Å². The molecule has 0 bridgehead atoms. The molecule has 2 aromatic rings. The first-order valence-corrected chi connectivity index (χ1v) is 10.3. The molecule has 6 heteroatoms. The van der Waals surface area contributed by atoms with Crippen molar-refractivity contribution in [3.05, 3.63) is 41.5 Å². The SMILES string of the molecule is COc1cc2c(cc1OC)-c1cc(OC)c(OC)cc1[C@H]1CN3CCCC3(O)C=C21. The van der Waals surface area contributed by atoms with Crippen molar-refractivity contribution < 1.29 is 24.1 Å². The summed E-state index contributed by atoms with van der Waals surface area (Å²) < 4.78 is 22.4. The third kappa shape index (κ3) is 2.63. The van der Waals surface area contributed by atoms with Gasteiger partial charge in [0, 0.05) is 19.0 Å². The van der Waals surface area contributed by atoms with E-state index in [1.165, 1.54) is 5.56 Å². The average Bonchev–Trinajstić information content (AvgIpc) is 3.16. The van der Waals surface area contributed by atoms with Crippen molar-refractivity contribution in [3.8, 4) is 34.1 Å². The van der Waals surface area contributed by atoms with Crippen molar-refractivity contribution >= 4 is 5.57 Å². The second-order valence-electron chi connectivity index (χ2n) is 8.13. The first-order chi connectivity index (χ1) is 14.5. The monoisotopic (exact) mass is 409 g/mol. The number of fused-ring (bicyclic) bond motifs is 7. The van der Waals surface area contributed by atoms with Crippen LogP contribution in [0.3, 0.4) is 0 Å². The molecule has 1 N–H and O–H groups in total. The molecule has 30 heavy (non-hydrogen) atoms. The molecule has 1 aliphatic carbocycles. The molecule has 2 atom stereocenters. The van der Waals surface area contributed by atoms with Gasteiger partial charge in [-0.1, -0.05) is 0 Å². The first kappa shape index (κ1) is 19.3. The molecule has 2 aliphatic heterocycles. The molecular weight excluding hydrogens is 382 g/mol. The van der Waals surface area contributed by atoms with Gasteiger partial charge in [-0.3, -0.25) is 4.90 Å². The van der Waals surface area contributed by atoms with E-state index in [2.05, 4.69) is 17.0 Å². The van der Waals surface area contributed by atoms with Gasteiger partial charge >= 0.3 is 0 Å². The minimum atomic E-state index is -0.885. The van der Waals surface area contributed by atoms with Gasteiger partial charge in [-0.2, -0.15) is 0 Å². The molecule has 158 valence electrons. The summed E-state index contributed by atoms with van der Waals surface area (Å²) in [6.45, 7) is 1.66. The minimum absolute atomic E-state index is 0.129. The molecule has 0 spiro atoms. The van der Waals surface area contributed by atoms with Gasteiger partial charge in [0.05, 0.1) is 28.4 Å². The fourth-order valence-corrected chi connectivity index (χ4v) is 5.25. The fourth-order valence-electron chi connectivity index (χ4n) is 5.25. The van der Waals surface area contributed by atoms with Gasteiger partial charge in [0.1, 0.15) is 5.72 Å². The predicted molar refractivity (Wildman–Crippen MR) is 115 cm³/mol. The zero-order chi connectivity index (χ0) is 21.0. The standard InChI is InChI=1S/C24H27NO5/c1-27-20-8-14-15-9-21(28-2)23(30-4)11-17(15)19-13-25-7-5-6-24(25,26)12-18(19)16(14)10-22(20)29-3/h8-12,19,26H,5-7,13H2,1-4H3/t19-,24?/m1/s1. The summed E-state index contributed by atoms with van der Waals surface area (Å²) in [5.41, 5.74) is 4.62. The lowest BCUT2D eigenvalue weighted by Gasteiger charge is -2.43. The van der Waals surface area contributed by atoms with E-state index in [9.17, 15) is 5.11 Å². The number of hydrogen-bond acceptors (Lipinski definition) is 6. The van der Waals surface area contributed by atoms with Gasteiger partial charge in [0.15, 0.2) is 23.0 Å². The molecule has 5 rings (SSSR count). The fraction of sp³-hybridized carbons (Fsp3) is 0.417. The second kappa shape index (κ2) is 6.93. The van der Waals surface area contributed by atoms with Crippen molar-refractivity contribution in [1.29, 1.82) is 0 Å². The Balaban J connectivity index is 1.82. The summed E-state index contributed by atoms with van der Waals surface area (Å²) in [7, 11) is 6.60. The molecule has 3 aliphatic rings. The minimum Gasteiger partial charge on any atom is -0.493 e. The zero-order valence-electron chi connectivity index (χ0n) is 17.8. The van der Waals surface area contributed by atoms with Crippen LogP contribution in [-0.4, -0.2) is 57.3 Å². The number of methoxy groups -OCH3 is 4. The molecule has 2 heterocycles. The largest absolute Gasteiger partial charge is 0.493 e. The summed E-state index contributed by atoms with van der Waals surface area (Å²) in [4.78, 5) is 2.19. The summed E-state index contributed by atoms with van der Waals surface area (Å²) in [6.07, 6.45) is 3.80. The Bertz CT molecular complexity index is 1050. The Morgan fingerprint density at radius 2 is 1.40 bits per heavy atom. The van der Waals surface area contributed by atoms with Crippen LogP contribution in [0.1, 0.15) is 29.9 Å². The topological polar surface area (TPSA) is 60.4 Å². The van der Waals surface area contributed by atoms with E-state index >= 15 is 0 Å². The Morgan fingerprint density at radius 3 is 2.03 bits per heavy atom. The Morgan fingerprint density at radius 1 is 0.833 bits per heavy atom. The number of benzene rings is 2. The predicted octanol–water partition coefficient (Wildman–Crippen LogP) is 3.67. The van der Waals surface area contributed by atoms with Crippen LogP contribution >= 0.6 is 0 Å². The van der Waals surface area contributed by atoms with E-state index in [0.29, 0.717) is 23.0 Å². The average molecular weight is 409 g/mol. The highest BCUT2D eigenvalue weighted by atomic mass is 16.5. The van der Waals surface area contributed by atoms with E-state index in [1.807, 2.05) is 18.2 Å². The van der Waals surface area contributed by atoms with Crippen LogP contribution in [0, 0.1) is 0 Å². The van der Waals surface area contributed by atoms with Crippen LogP contribution in [0.15, 0.2) is 30.3 Å². The lowest BCUT2D eigenvalue weighted by atomic mass is 9.72. The van der Waals surface area contributed by atoms with Gasteiger partial charge in [-0.25, -0.2) is 0 Å². The molecule has 2 aromatic carbocycles. The zero-order valence-corrected chi connectivity index (χ0v) is 17.8. The molecule has 0 radical (unpaired) electrons. The van der Waals surface area contributed by atoms with Crippen molar-refractivity contribution in [2.75, 3.05) is 41.5 Å². The molecule has 0 aromatic heterocycles. The lowest BCUT2D eigenvalue weighted by molar-refractivity contribution is -0.0429. The number of ether oxygens (including phenoxy) is 4. The van der Waals surface area contributed by atoms with Gasteiger partial charge in [0.25, 0.3) is 0 Å². The smallest absolute Gasteiger partial charge is 0.161 e. The van der Waals surface area contributed by atoms with E-state index < -0.39 is 5.72 Å². The van der Waals surface area contributed by atoms with Gasteiger partial charge in [0.2, 0.25) is 0 Å². The van der Waals surface area contributed by atoms with Crippen LogP contribution in [0.2, 0.25) is 0 Å². The second-order valence-corrected chi connectivity index (χ2v) is 8.13. The molecule has 0 amide bonds. The van der Waals surface area contributed by atoms with E-state index in [1.54, 1.807) is 28.4 Å². The van der Waals surface area contributed by atoms with E-state index in [-0.39, 0.29) is 5.92 Å². The maximum Gasteiger partial charge on any atom is 0.161 e. The summed E-state index contributed by atoms with van der Waals surface area (Å²) in [5.74, 6) is 2.89. The lowest BCUT2D eigenvalue weighted by Crippen LogP contribution is -2.48. The van der Waals surface area contributed by atoms with E-state index in [0.717, 1.165) is 48.2 Å². The Labute approximate surface area is 176 Å². The quantitative estimate of drug-likeness (QED) is 0.832. The van der Waals surface area contributed by atoms with Gasteiger partial charge in [-0.15, -0.1) is 0 Å². The van der Waals surface area contributed by atoms with Crippen molar-refractivity contribution in [2.24, 2.45) is 0 Å². The Kier molecular flexibility index (Phi) is 4.45. The van der Waals surface area contributed by atoms with Crippen molar-refractivity contribution in [2.45, 2.75) is 24.5 Å². The van der Waals surface area contributed by atoms with Gasteiger partial charge in [-0.05, 0) is 71.0 Å². The van der Waals surface area contributed by atoms with Crippen molar-refractivity contribution in [1.82, 2.24) is 4.90 Å². The normalized spacial score (nSPS) is 24.2. The maximum absolute atomic E-state index is 11.3. The van der Waals surface area contributed by atoms with Crippen LogP contribution in [0.5, 0.6) is 23.0 Å². The first-order valence-electron chi connectivity index (χ1n) is 10.3. The number of hydrogen-bond donors (Lipinski definition) is 1. The highest BCUT2D eigenvalue weighted by molar-refractivity contribution is 5.94. The summed E-state index contributed by atoms with van der Waals surface area (Å²) >= 11 is 0. The van der Waals surface area contributed by atoms with Crippen LogP contribution < -0.4 is 18.9 Å². The van der Waals surface area contributed by atoms with Crippen LogP contribution in [0.25, 0.3) is 16.7 Å². The molecule has 0 saturated carbocycles. The van der Waals surface area contributed by atoms with Crippen LogP contribution in [-0.2, 0) is 0 Å². The third-order valence-electron chi connectivity index (χ3n) is 6.74. The molecular formula is C24H27NO5. The van der Waals surface area contributed by atoms with Gasteiger partial charge < -0.3 is 24.1 Å². The molecule has 1 fully saturated rings.